The molecule has 0 fully saturated rings. The Hall–Kier alpha value is -2.80. The van der Waals surface area contributed by atoms with Crippen molar-refractivity contribution < 1.29 is 14.7 Å². The normalized spacial score (nSPS) is 9.22. The van der Waals surface area contributed by atoms with E-state index >= 15 is 0 Å². The summed E-state index contributed by atoms with van der Waals surface area (Å²) in [6.45, 7) is -0.781. The van der Waals surface area contributed by atoms with Gasteiger partial charge < -0.3 is 14.6 Å². The summed E-state index contributed by atoms with van der Waals surface area (Å²) in [7, 11) is 0. The van der Waals surface area contributed by atoms with Crippen molar-refractivity contribution in [3.8, 4) is 12.1 Å². The lowest BCUT2D eigenvalue weighted by Gasteiger charge is -2.16. The van der Waals surface area contributed by atoms with Crippen LogP contribution in [0, 0.1) is 22.7 Å². The maximum absolute atomic E-state index is 12.0. The number of hydrogen-bond acceptors (Lipinski definition) is 4. The van der Waals surface area contributed by atoms with Crippen LogP contribution in [0.25, 0.3) is 0 Å². The monoisotopic (exact) mass is 246 g/mol. The number of carbonyl (C=O) groups excluding carboxylic acids is 1. The first-order valence-corrected chi connectivity index (χ1v) is 5.00. The van der Waals surface area contributed by atoms with Crippen molar-refractivity contribution in [1.29, 1.82) is 10.5 Å². The molecule has 0 aliphatic rings. The average molecular weight is 246 g/mol. The molecule has 0 saturated carbocycles. The molecule has 0 aromatic carbocycles. The van der Waals surface area contributed by atoms with E-state index in [4.69, 9.17) is 15.6 Å². The highest BCUT2D eigenvalue weighted by atomic mass is 16.4. The molecule has 7 nitrogen and oxygen atoms in total. The van der Waals surface area contributed by atoms with E-state index in [1.54, 1.807) is 12.1 Å². The van der Waals surface area contributed by atoms with Crippen molar-refractivity contribution in [1.82, 2.24) is 9.47 Å². The summed E-state index contributed by atoms with van der Waals surface area (Å²) in [6.07, 6.45) is 1.46. The molecule has 0 spiro atoms. The lowest BCUT2D eigenvalue weighted by atomic mass is 10.3. The zero-order valence-electron chi connectivity index (χ0n) is 9.41. The van der Waals surface area contributed by atoms with Crippen LogP contribution in [0.5, 0.6) is 0 Å². The van der Waals surface area contributed by atoms with Gasteiger partial charge in [-0.1, -0.05) is 0 Å². The minimum absolute atomic E-state index is 0.142. The standard InChI is InChI=1S/C11H10N4O3/c12-3-6-14(7-4-13)11(18)9-2-1-5-15(9)8-10(16)17/h1-2,5H,6-8H2,(H,16,17). The molecular weight excluding hydrogens is 236 g/mol. The number of nitriles is 2. The van der Waals surface area contributed by atoms with Gasteiger partial charge in [0.25, 0.3) is 5.91 Å². The quantitative estimate of drug-likeness (QED) is 0.738. The van der Waals surface area contributed by atoms with Crippen LogP contribution in [0.2, 0.25) is 0 Å². The van der Waals surface area contributed by atoms with E-state index in [9.17, 15) is 9.59 Å². The minimum Gasteiger partial charge on any atom is -0.480 e. The molecule has 0 radical (unpaired) electrons. The molecule has 0 aliphatic heterocycles. The van der Waals surface area contributed by atoms with Crippen molar-refractivity contribution in [3.05, 3.63) is 24.0 Å². The number of hydrogen-bond donors (Lipinski definition) is 1. The summed E-state index contributed by atoms with van der Waals surface area (Å²) in [5.41, 5.74) is 0.142. The second kappa shape index (κ2) is 6.06. The molecule has 18 heavy (non-hydrogen) atoms. The Kier molecular flexibility index (Phi) is 4.47. The second-order valence-electron chi connectivity index (χ2n) is 3.39. The average Bonchev–Trinajstić information content (AvgIpc) is 2.75. The van der Waals surface area contributed by atoms with E-state index in [1.807, 2.05) is 0 Å². The van der Waals surface area contributed by atoms with Crippen LogP contribution < -0.4 is 0 Å². The van der Waals surface area contributed by atoms with Gasteiger partial charge in [0.2, 0.25) is 0 Å². The Morgan fingerprint density at radius 2 is 1.94 bits per heavy atom. The first-order chi connectivity index (χ1) is 8.60. The molecular formula is C11H10N4O3. The summed E-state index contributed by atoms with van der Waals surface area (Å²) in [6, 6.07) is 6.55. The highest BCUT2D eigenvalue weighted by Gasteiger charge is 2.19. The number of amides is 1. The molecule has 1 amide bonds. The van der Waals surface area contributed by atoms with Crippen LogP contribution in [0.3, 0.4) is 0 Å². The lowest BCUT2D eigenvalue weighted by Crippen LogP contribution is -2.33. The summed E-state index contributed by atoms with van der Waals surface area (Å²) >= 11 is 0. The summed E-state index contributed by atoms with van der Waals surface area (Å²) in [4.78, 5) is 23.7. The number of carboxylic acid groups (broad SMARTS) is 1. The number of aliphatic carboxylic acids is 1. The number of carbonyl (C=O) groups is 2. The molecule has 1 aromatic heterocycles. The van der Waals surface area contributed by atoms with Gasteiger partial charge in [-0.2, -0.15) is 10.5 Å². The predicted octanol–water partition coefficient (Wildman–Crippen LogP) is 0.0621. The highest BCUT2D eigenvalue weighted by molar-refractivity contribution is 5.93. The lowest BCUT2D eigenvalue weighted by molar-refractivity contribution is -0.137. The van der Waals surface area contributed by atoms with Gasteiger partial charge in [-0.05, 0) is 12.1 Å². The van der Waals surface area contributed by atoms with E-state index in [0.717, 1.165) is 4.90 Å². The van der Waals surface area contributed by atoms with Crippen molar-refractivity contribution in [2.75, 3.05) is 13.1 Å². The van der Waals surface area contributed by atoms with Gasteiger partial charge in [0.15, 0.2) is 0 Å². The molecule has 1 heterocycles. The first-order valence-electron chi connectivity index (χ1n) is 5.00. The van der Waals surface area contributed by atoms with Gasteiger partial charge in [-0.15, -0.1) is 0 Å². The van der Waals surface area contributed by atoms with E-state index in [1.165, 1.54) is 22.9 Å². The van der Waals surface area contributed by atoms with Gasteiger partial charge in [0.05, 0.1) is 12.1 Å². The molecule has 0 saturated heterocycles. The Morgan fingerprint density at radius 1 is 1.33 bits per heavy atom. The third-order valence-electron chi connectivity index (χ3n) is 2.16. The van der Waals surface area contributed by atoms with E-state index < -0.39 is 11.9 Å². The molecule has 0 unspecified atom stereocenters. The van der Waals surface area contributed by atoms with Gasteiger partial charge in [-0.25, -0.2) is 0 Å². The Bertz CT molecular complexity index is 519. The van der Waals surface area contributed by atoms with Crippen LogP contribution in [0.1, 0.15) is 10.5 Å². The summed E-state index contributed by atoms with van der Waals surface area (Å²) in [5, 5.41) is 25.8. The number of carboxylic acids is 1. The largest absolute Gasteiger partial charge is 0.480 e. The topological polar surface area (TPSA) is 110 Å². The van der Waals surface area contributed by atoms with Crippen LogP contribution in [-0.4, -0.2) is 39.5 Å². The highest BCUT2D eigenvalue weighted by Crippen LogP contribution is 2.07. The van der Waals surface area contributed by atoms with E-state index in [0.29, 0.717) is 0 Å². The predicted molar refractivity (Wildman–Crippen MR) is 59.2 cm³/mol. The maximum Gasteiger partial charge on any atom is 0.323 e. The van der Waals surface area contributed by atoms with Crippen molar-refractivity contribution in [2.45, 2.75) is 6.54 Å². The smallest absolute Gasteiger partial charge is 0.323 e. The Balaban J connectivity index is 2.95. The fourth-order valence-electron chi connectivity index (χ4n) is 1.42. The fourth-order valence-corrected chi connectivity index (χ4v) is 1.42. The Morgan fingerprint density at radius 3 is 2.44 bits per heavy atom. The summed E-state index contributed by atoms with van der Waals surface area (Å²) < 4.78 is 1.26. The zero-order chi connectivity index (χ0) is 13.5. The van der Waals surface area contributed by atoms with Gasteiger partial charge in [0, 0.05) is 6.20 Å². The van der Waals surface area contributed by atoms with Gasteiger partial charge in [0.1, 0.15) is 25.3 Å². The third-order valence-corrected chi connectivity index (χ3v) is 2.16. The van der Waals surface area contributed by atoms with Crippen LogP contribution >= 0.6 is 0 Å². The molecule has 7 heteroatoms. The number of nitrogens with zero attached hydrogens (tertiary/aromatic N) is 4. The van der Waals surface area contributed by atoms with Gasteiger partial charge in [-0.3, -0.25) is 9.59 Å². The van der Waals surface area contributed by atoms with E-state index in [-0.39, 0.29) is 25.3 Å². The van der Waals surface area contributed by atoms with Gasteiger partial charge >= 0.3 is 5.97 Å². The van der Waals surface area contributed by atoms with Crippen molar-refractivity contribution in [3.63, 3.8) is 0 Å². The van der Waals surface area contributed by atoms with Crippen molar-refractivity contribution >= 4 is 11.9 Å². The fraction of sp³-hybridized carbons (Fsp3) is 0.273. The molecule has 1 rings (SSSR count). The molecule has 1 N–H and O–H groups in total. The van der Waals surface area contributed by atoms with Crippen molar-refractivity contribution in [2.24, 2.45) is 0 Å². The van der Waals surface area contributed by atoms with Crippen LogP contribution in [0.15, 0.2) is 18.3 Å². The third kappa shape index (κ3) is 3.09. The molecule has 0 aliphatic carbocycles. The van der Waals surface area contributed by atoms with Crippen LogP contribution in [0.4, 0.5) is 0 Å². The molecule has 1 aromatic rings. The number of aromatic nitrogens is 1. The van der Waals surface area contributed by atoms with Crippen LogP contribution in [-0.2, 0) is 11.3 Å². The zero-order valence-corrected chi connectivity index (χ0v) is 9.41. The molecule has 0 atom stereocenters. The molecule has 92 valence electrons. The SMILES string of the molecule is N#CCN(CC#N)C(=O)c1cccn1CC(=O)O. The Labute approximate surface area is 103 Å². The first kappa shape index (κ1) is 13.3. The maximum atomic E-state index is 12.0. The minimum atomic E-state index is -1.08. The summed E-state index contributed by atoms with van der Waals surface area (Å²) in [5.74, 6) is -1.61. The number of rotatable bonds is 5. The van der Waals surface area contributed by atoms with E-state index in [2.05, 4.69) is 0 Å². The second-order valence-corrected chi connectivity index (χ2v) is 3.39. The molecule has 0 bridgehead atoms.